The van der Waals surface area contributed by atoms with Crippen LogP contribution in [-0.4, -0.2) is 53.8 Å². The molecule has 248 valence electrons. The minimum atomic E-state index is -0.728. The van der Waals surface area contributed by atoms with E-state index in [1.807, 2.05) is 61.7 Å². The Balaban J connectivity index is 1.57. The van der Waals surface area contributed by atoms with Gasteiger partial charge in [-0.25, -0.2) is 0 Å². The molecule has 4 atom stereocenters. The van der Waals surface area contributed by atoms with Gasteiger partial charge >= 0.3 is 0 Å². The molecule has 0 saturated carbocycles. The SMILES string of the molecule is CC[C@H](C)[C@@H](Nc1ccc2c(cc1=O)[C@H](NC(C)=O)CCc1cc(OC)c(OC)c(OC)c1-2)C(=O)N[C@H](C)c1nnc2ccccn12. The van der Waals surface area contributed by atoms with Gasteiger partial charge in [0.25, 0.3) is 0 Å². The summed E-state index contributed by atoms with van der Waals surface area (Å²) in [4.78, 5) is 40.1. The molecule has 0 fully saturated rings. The molecule has 5 rings (SSSR count). The molecule has 2 aromatic heterocycles. The van der Waals surface area contributed by atoms with Gasteiger partial charge in [0.2, 0.25) is 23.0 Å². The average molecular weight is 643 g/mol. The maximum Gasteiger partial charge on any atom is 0.243 e. The molecule has 4 aromatic rings. The lowest BCUT2D eigenvalue weighted by Gasteiger charge is -2.25. The monoisotopic (exact) mass is 642 g/mol. The lowest BCUT2D eigenvalue weighted by molar-refractivity contribution is -0.123. The van der Waals surface area contributed by atoms with Gasteiger partial charge in [-0.15, -0.1) is 10.2 Å². The van der Waals surface area contributed by atoms with E-state index in [0.29, 0.717) is 59.1 Å². The molecule has 2 heterocycles. The molecule has 0 unspecified atom stereocenters. The molecule has 0 aliphatic heterocycles. The van der Waals surface area contributed by atoms with E-state index in [4.69, 9.17) is 14.2 Å². The number of benzene rings is 1. The molecule has 1 aliphatic rings. The number of carbonyl (C=O) groups is 2. The fourth-order valence-electron chi connectivity index (χ4n) is 6.22. The number of pyridine rings is 1. The second-order valence-corrected chi connectivity index (χ2v) is 11.8. The van der Waals surface area contributed by atoms with Crippen LogP contribution in [0.3, 0.4) is 0 Å². The first-order valence-corrected chi connectivity index (χ1v) is 15.8. The summed E-state index contributed by atoms with van der Waals surface area (Å²) >= 11 is 0. The van der Waals surface area contributed by atoms with Gasteiger partial charge in [0, 0.05) is 18.7 Å². The summed E-state index contributed by atoms with van der Waals surface area (Å²) in [5.74, 6) is 1.40. The molecule has 2 amide bonds. The first-order valence-electron chi connectivity index (χ1n) is 15.8. The Labute approximate surface area is 273 Å². The normalized spacial score (nSPS) is 15.7. The van der Waals surface area contributed by atoms with Crippen LogP contribution in [0.25, 0.3) is 16.8 Å². The number of aromatic nitrogens is 3. The van der Waals surface area contributed by atoms with E-state index >= 15 is 0 Å². The van der Waals surface area contributed by atoms with E-state index in [9.17, 15) is 14.4 Å². The van der Waals surface area contributed by atoms with Crippen LogP contribution >= 0.6 is 0 Å². The quantitative estimate of drug-likeness (QED) is 0.214. The zero-order chi connectivity index (χ0) is 33.8. The summed E-state index contributed by atoms with van der Waals surface area (Å²) in [5, 5.41) is 17.8. The van der Waals surface area contributed by atoms with Crippen LogP contribution in [0.4, 0.5) is 5.69 Å². The average Bonchev–Trinajstić information content (AvgIpc) is 3.37. The maximum absolute atomic E-state index is 13.9. The van der Waals surface area contributed by atoms with Crippen molar-refractivity contribution in [3.8, 4) is 28.4 Å². The zero-order valence-corrected chi connectivity index (χ0v) is 27.8. The molecule has 2 aromatic carbocycles. The van der Waals surface area contributed by atoms with E-state index in [0.717, 1.165) is 11.1 Å². The lowest BCUT2D eigenvalue weighted by atomic mass is 9.95. The lowest BCUT2D eigenvalue weighted by Crippen LogP contribution is -2.45. The van der Waals surface area contributed by atoms with Crippen molar-refractivity contribution in [1.29, 1.82) is 0 Å². The van der Waals surface area contributed by atoms with Crippen molar-refractivity contribution in [2.45, 2.75) is 65.1 Å². The number of anilines is 1. The van der Waals surface area contributed by atoms with Crippen molar-refractivity contribution in [2.75, 3.05) is 26.6 Å². The highest BCUT2D eigenvalue weighted by Crippen LogP contribution is 2.50. The van der Waals surface area contributed by atoms with Crippen LogP contribution in [0.1, 0.15) is 69.6 Å². The Kier molecular flexibility index (Phi) is 9.97. The van der Waals surface area contributed by atoms with Crippen LogP contribution in [0.15, 0.2) is 53.5 Å². The van der Waals surface area contributed by atoms with E-state index in [1.54, 1.807) is 33.5 Å². The molecule has 1 aliphatic carbocycles. The summed E-state index contributed by atoms with van der Waals surface area (Å²) in [7, 11) is 4.66. The third-order valence-corrected chi connectivity index (χ3v) is 8.81. The third kappa shape index (κ3) is 6.58. The second-order valence-electron chi connectivity index (χ2n) is 11.8. The van der Waals surface area contributed by atoms with Crippen molar-refractivity contribution in [1.82, 2.24) is 25.2 Å². The summed E-state index contributed by atoms with van der Waals surface area (Å²) in [6.45, 7) is 7.27. The number of carbonyl (C=O) groups excluding carboxylic acids is 2. The molecule has 0 radical (unpaired) electrons. The summed E-state index contributed by atoms with van der Waals surface area (Å²) in [6, 6.07) is 11.0. The number of nitrogens with one attached hydrogen (secondary N) is 3. The Morgan fingerprint density at radius 3 is 2.47 bits per heavy atom. The van der Waals surface area contributed by atoms with Gasteiger partial charge in [0.15, 0.2) is 23.0 Å². The number of nitrogens with zero attached hydrogens (tertiary/aromatic N) is 3. The number of amides is 2. The van der Waals surface area contributed by atoms with Crippen molar-refractivity contribution in [2.24, 2.45) is 5.92 Å². The standard InChI is InChI=1S/C35H42N6O6/c1-8-19(2)31(35(44)36-20(3)34-40-39-29-11-9-10-16-41(29)34)38-26-15-13-23-24(18-27(26)43)25(37-21(4)42)14-12-22-17-28(45-5)32(46-6)33(47-7)30(22)23/h9-11,13,15-20,25,31H,8,12,14H2,1-7H3,(H,36,44)(H,37,42)(H,38,43)/t19-,20+,25+,31+/m0/s1. The van der Waals surface area contributed by atoms with Gasteiger partial charge in [-0.3, -0.25) is 18.8 Å². The molecular weight excluding hydrogens is 600 g/mol. The van der Waals surface area contributed by atoms with Gasteiger partial charge in [0.1, 0.15) is 6.04 Å². The number of hydrogen-bond donors (Lipinski definition) is 3. The zero-order valence-electron chi connectivity index (χ0n) is 27.8. The Bertz CT molecular complexity index is 1860. The van der Waals surface area contributed by atoms with Gasteiger partial charge in [-0.1, -0.05) is 32.4 Å². The number of aryl methyl sites for hydroxylation is 1. The van der Waals surface area contributed by atoms with E-state index in [2.05, 4.69) is 26.1 Å². The summed E-state index contributed by atoms with van der Waals surface area (Å²) in [6.07, 6.45) is 3.66. The van der Waals surface area contributed by atoms with Crippen LogP contribution in [-0.2, 0) is 16.0 Å². The minimum Gasteiger partial charge on any atom is -0.493 e. The summed E-state index contributed by atoms with van der Waals surface area (Å²) < 4.78 is 19.0. The van der Waals surface area contributed by atoms with Gasteiger partial charge in [-0.05, 0) is 72.7 Å². The minimum absolute atomic E-state index is 0.121. The van der Waals surface area contributed by atoms with Crippen LogP contribution < -0.4 is 35.6 Å². The second kappa shape index (κ2) is 14.1. The van der Waals surface area contributed by atoms with Gasteiger partial charge < -0.3 is 30.2 Å². The number of rotatable bonds is 11. The van der Waals surface area contributed by atoms with Crippen LogP contribution in [0, 0.1) is 5.92 Å². The van der Waals surface area contributed by atoms with Gasteiger partial charge in [0.05, 0.1) is 39.1 Å². The fraction of sp³-hybridized carbons (Fsp3) is 0.400. The number of methoxy groups -OCH3 is 3. The molecular formula is C35H42N6O6. The highest BCUT2D eigenvalue weighted by molar-refractivity contribution is 5.86. The molecule has 47 heavy (non-hydrogen) atoms. The first kappa shape index (κ1) is 33.2. The van der Waals surface area contributed by atoms with E-state index in [1.165, 1.54) is 6.92 Å². The number of fused-ring (bicyclic) bond motifs is 4. The third-order valence-electron chi connectivity index (χ3n) is 8.81. The molecule has 0 saturated heterocycles. The first-order chi connectivity index (χ1) is 22.6. The predicted octanol–water partition coefficient (Wildman–Crippen LogP) is 4.61. The summed E-state index contributed by atoms with van der Waals surface area (Å²) in [5.41, 5.74) is 3.63. The molecule has 3 N–H and O–H groups in total. The maximum atomic E-state index is 13.9. The van der Waals surface area contributed by atoms with Crippen molar-refractivity contribution in [3.05, 3.63) is 75.8 Å². The number of ether oxygens (including phenoxy) is 3. The van der Waals surface area contributed by atoms with Crippen LogP contribution in [0.2, 0.25) is 0 Å². The smallest absolute Gasteiger partial charge is 0.243 e. The Morgan fingerprint density at radius 2 is 1.79 bits per heavy atom. The molecule has 12 heteroatoms. The molecule has 0 spiro atoms. The highest BCUT2D eigenvalue weighted by atomic mass is 16.5. The van der Waals surface area contributed by atoms with Gasteiger partial charge in [-0.2, -0.15) is 0 Å². The van der Waals surface area contributed by atoms with Crippen molar-refractivity contribution >= 4 is 23.1 Å². The Morgan fingerprint density at radius 1 is 1.02 bits per heavy atom. The topological polar surface area (TPSA) is 145 Å². The highest BCUT2D eigenvalue weighted by Gasteiger charge is 2.31. The van der Waals surface area contributed by atoms with Crippen molar-refractivity contribution in [3.63, 3.8) is 0 Å². The van der Waals surface area contributed by atoms with Crippen LogP contribution in [0.5, 0.6) is 17.2 Å². The Hall–Kier alpha value is -5.13. The molecule has 0 bridgehead atoms. The number of hydrogen-bond acceptors (Lipinski definition) is 9. The van der Waals surface area contributed by atoms with Crippen molar-refractivity contribution < 1.29 is 23.8 Å². The largest absolute Gasteiger partial charge is 0.493 e. The van der Waals surface area contributed by atoms with E-state index < -0.39 is 18.1 Å². The fourth-order valence-corrected chi connectivity index (χ4v) is 6.22. The van der Waals surface area contributed by atoms with E-state index in [-0.39, 0.29) is 28.8 Å². The molecule has 12 nitrogen and oxygen atoms in total. The predicted molar refractivity (Wildman–Crippen MR) is 179 cm³/mol.